The SMILES string of the molecule is O=S1(=O)CCC(COCC2CC2)C12CN(c1ncccn1)C2. The van der Waals surface area contributed by atoms with E-state index in [0.29, 0.717) is 31.6 Å². The molecule has 4 rings (SSSR count). The van der Waals surface area contributed by atoms with Gasteiger partial charge in [0.25, 0.3) is 0 Å². The fraction of sp³-hybridized carbons (Fsp3) is 0.733. The maximum atomic E-state index is 12.5. The van der Waals surface area contributed by atoms with Crippen LogP contribution in [0.3, 0.4) is 0 Å². The highest BCUT2D eigenvalue weighted by Crippen LogP contribution is 2.45. The molecule has 1 aromatic heterocycles. The van der Waals surface area contributed by atoms with Crippen molar-refractivity contribution >= 4 is 15.8 Å². The Kier molecular flexibility index (Phi) is 3.38. The average molecular weight is 323 g/mol. The molecule has 2 saturated heterocycles. The Morgan fingerprint density at radius 1 is 1.18 bits per heavy atom. The van der Waals surface area contributed by atoms with Gasteiger partial charge in [0.1, 0.15) is 4.75 Å². The lowest BCUT2D eigenvalue weighted by Gasteiger charge is -2.49. The third-order valence-electron chi connectivity index (χ3n) is 5.22. The van der Waals surface area contributed by atoms with E-state index in [2.05, 4.69) is 9.97 Å². The lowest BCUT2D eigenvalue weighted by Crippen LogP contribution is -2.68. The molecular formula is C15H21N3O3S. The number of hydrogen-bond donors (Lipinski definition) is 0. The Balaban J connectivity index is 1.45. The van der Waals surface area contributed by atoms with Crippen LogP contribution in [0.5, 0.6) is 0 Å². The molecule has 1 spiro atoms. The highest BCUT2D eigenvalue weighted by atomic mass is 32.2. The van der Waals surface area contributed by atoms with Crippen molar-refractivity contribution in [3.8, 4) is 0 Å². The summed E-state index contributed by atoms with van der Waals surface area (Å²) in [5, 5.41) is 0. The van der Waals surface area contributed by atoms with E-state index in [9.17, 15) is 8.42 Å². The summed E-state index contributed by atoms with van der Waals surface area (Å²) in [7, 11) is -3.05. The molecule has 2 aliphatic heterocycles. The Bertz CT molecular complexity index is 639. The second-order valence-electron chi connectivity index (χ2n) is 6.75. The third kappa shape index (κ3) is 2.31. The van der Waals surface area contributed by atoms with Crippen LogP contribution in [0, 0.1) is 11.8 Å². The molecule has 0 amide bonds. The number of aromatic nitrogens is 2. The molecule has 6 nitrogen and oxygen atoms in total. The molecule has 1 aromatic rings. The molecule has 1 atom stereocenters. The quantitative estimate of drug-likeness (QED) is 0.801. The van der Waals surface area contributed by atoms with E-state index in [1.54, 1.807) is 18.5 Å². The largest absolute Gasteiger partial charge is 0.381 e. The van der Waals surface area contributed by atoms with Crippen molar-refractivity contribution in [1.29, 1.82) is 0 Å². The van der Waals surface area contributed by atoms with Crippen molar-refractivity contribution in [2.45, 2.75) is 24.0 Å². The van der Waals surface area contributed by atoms with Gasteiger partial charge in [-0.3, -0.25) is 0 Å². The summed E-state index contributed by atoms with van der Waals surface area (Å²) in [6.45, 7) is 2.35. The summed E-state index contributed by atoms with van der Waals surface area (Å²) < 4.78 is 30.2. The van der Waals surface area contributed by atoms with Gasteiger partial charge >= 0.3 is 0 Å². The highest BCUT2D eigenvalue weighted by molar-refractivity contribution is 7.93. The molecule has 1 unspecified atom stereocenters. The van der Waals surface area contributed by atoms with E-state index in [4.69, 9.17) is 4.74 Å². The van der Waals surface area contributed by atoms with Crippen LogP contribution < -0.4 is 4.90 Å². The van der Waals surface area contributed by atoms with E-state index in [1.165, 1.54) is 12.8 Å². The first-order valence-corrected chi connectivity index (χ1v) is 9.58. The molecule has 22 heavy (non-hydrogen) atoms. The van der Waals surface area contributed by atoms with Gasteiger partial charge in [0.15, 0.2) is 9.84 Å². The zero-order valence-electron chi connectivity index (χ0n) is 12.5. The van der Waals surface area contributed by atoms with Gasteiger partial charge in [0.2, 0.25) is 5.95 Å². The minimum atomic E-state index is -3.05. The average Bonchev–Trinajstić information content (AvgIpc) is 3.23. The van der Waals surface area contributed by atoms with Crippen molar-refractivity contribution in [2.75, 3.05) is 37.0 Å². The van der Waals surface area contributed by atoms with E-state index < -0.39 is 14.6 Å². The molecule has 0 aromatic carbocycles. The molecule has 120 valence electrons. The molecule has 0 N–H and O–H groups in total. The number of sulfone groups is 1. The minimum absolute atomic E-state index is 0.108. The van der Waals surface area contributed by atoms with Crippen LogP contribution in [0.1, 0.15) is 19.3 Å². The maximum Gasteiger partial charge on any atom is 0.225 e. The van der Waals surface area contributed by atoms with Gasteiger partial charge in [-0.25, -0.2) is 18.4 Å². The van der Waals surface area contributed by atoms with Crippen LogP contribution in [0.4, 0.5) is 5.95 Å². The van der Waals surface area contributed by atoms with E-state index in [0.717, 1.165) is 13.0 Å². The number of anilines is 1. The van der Waals surface area contributed by atoms with Crippen LogP contribution in [-0.2, 0) is 14.6 Å². The van der Waals surface area contributed by atoms with Gasteiger partial charge in [-0.15, -0.1) is 0 Å². The first-order chi connectivity index (χ1) is 10.6. The van der Waals surface area contributed by atoms with Crippen molar-refractivity contribution in [2.24, 2.45) is 11.8 Å². The lowest BCUT2D eigenvalue weighted by molar-refractivity contribution is 0.0729. The first-order valence-electron chi connectivity index (χ1n) is 7.93. The fourth-order valence-electron chi connectivity index (χ4n) is 3.57. The van der Waals surface area contributed by atoms with Crippen LogP contribution >= 0.6 is 0 Å². The molecule has 0 bridgehead atoms. The number of hydrogen-bond acceptors (Lipinski definition) is 6. The van der Waals surface area contributed by atoms with Gasteiger partial charge in [-0.05, 0) is 31.2 Å². The van der Waals surface area contributed by atoms with Crippen LogP contribution in [0.25, 0.3) is 0 Å². The second-order valence-corrected chi connectivity index (χ2v) is 9.21. The normalized spacial score (nSPS) is 28.7. The predicted molar refractivity (Wildman–Crippen MR) is 82.4 cm³/mol. The Labute approximate surface area is 130 Å². The van der Waals surface area contributed by atoms with Crippen LogP contribution in [-0.4, -0.2) is 55.2 Å². The molecule has 3 aliphatic rings. The molecule has 1 saturated carbocycles. The number of ether oxygens (including phenoxy) is 1. The predicted octanol–water partition coefficient (Wildman–Crippen LogP) is 0.897. The molecule has 3 fully saturated rings. The molecule has 3 heterocycles. The highest BCUT2D eigenvalue weighted by Gasteiger charge is 2.62. The van der Waals surface area contributed by atoms with Crippen molar-refractivity contribution in [1.82, 2.24) is 9.97 Å². The Hall–Kier alpha value is -1.21. The fourth-order valence-corrected chi connectivity index (χ4v) is 5.97. The standard InChI is InChI=1S/C15H21N3O3S/c19-22(20)7-4-13(9-21-8-12-2-3-12)15(22)10-18(11-15)14-16-5-1-6-17-14/h1,5-6,12-13H,2-4,7-11H2. The van der Waals surface area contributed by atoms with Crippen molar-refractivity contribution in [3.63, 3.8) is 0 Å². The van der Waals surface area contributed by atoms with Gasteiger partial charge in [-0.2, -0.15) is 0 Å². The summed E-state index contributed by atoms with van der Waals surface area (Å²) in [5.74, 6) is 1.72. The molecule has 0 radical (unpaired) electrons. The van der Waals surface area contributed by atoms with Gasteiger partial charge in [0, 0.05) is 38.0 Å². The molecular weight excluding hydrogens is 302 g/mol. The van der Waals surface area contributed by atoms with E-state index in [1.807, 2.05) is 4.90 Å². The number of nitrogens with zero attached hydrogens (tertiary/aromatic N) is 3. The second kappa shape index (κ2) is 5.16. The zero-order chi connectivity index (χ0) is 15.2. The minimum Gasteiger partial charge on any atom is -0.381 e. The van der Waals surface area contributed by atoms with Gasteiger partial charge < -0.3 is 9.64 Å². The van der Waals surface area contributed by atoms with Crippen LogP contribution in [0.15, 0.2) is 18.5 Å². The monoisotopic (exact) mass is 323 g/mol. The van der Waals surface area contributed by atoms with Crippen molar-refractivity contribution < 1.29 is 13.2 Å². The molecule has 7 heteroatoms. The number of rotatable bonds is 5. The summed E-state index contributed by atoms with van der Waals surface area (Å²) in [4.78, 5) is 10.4. The van der Waals surface area contributed by atoms with E-state index in [-0.39, 0.29) is 11.7 Å². The topological polar surface area (TPSA) is 72.4 Å². The smallest absolute Gasteiger partial charge is 0.225 e. The maximum absolute atomic E-state index is 12.5. The summed E-state index contributed by atoms with van der Waals surface area (Å²) >= 11 is 0. The molecule has 1 aliphatic carbocycles. The summed E-state index contributed by atoms with van der Waals surface area (Å²) in [6.07, 6.45) is 6.61. The summed E-state index contributed by atoms with van der Waals surface area (Å²) in [5.41, 5.74) is 0. The van der Waals surface area contributed by atoms with Gasteiger partial charge in [0.05, 0.1) is 12.4 Å². The van der Waals surface area contributed by atoms with Gasteiger partial charge in [-0.1, -0.05) is 0 Å². The van der Waals surface area contributed by atoms with Crippen molar-refractivity contribution in [3.05, 3.63) is 18.5 Å². The van der Waals surface area contributed by atoms with Crippen LogP contribution in [0.2, 0.25) is 0 Å². The lowest BCUT2D eigenvalue weighted by atomic mass is 9.84. The Morgan fingerprint density at radius 3 is 2.59 bits per heavy atom. The zero-order valence-corrected chi connectivity index (χ0v) is 13.3. The Morgan fingerprint density at radius 2 is 1.91 bits per heavy atom. The summed E-state index contributed by atoms with van der Waals surface area (Å²) in [6, 6.07) is 1.76. The van der Waals surface area contributed by atoms with E-state index >= 15 is 0 Å². The third-order valence-corrected chi connectivity index (χ3v) is 7.82. The first kappa shape index (κ1) is 14.4.